The zero-order chi connectivity index (χ0) is 31.3. The fraction of sp³-hybridized carbons (Fsp3) is 0.562. The van der Waals surface area contributed by atoms with Crippen LogP contribution < -0.4 is 10.2 Å². The van der Waals surface area contributed by atoms with Crippen LogP contribution in [0.1, 0.15) is 71.2 Å². The average molecular weight is 644 g/mol. The van der Waals surface area contributed by atoms with Crippen molar-refractivity contribution in [3.8, 4) is 0 Å². The number of rotatable bonds is 8. The van der Waals surface area contributed by atoms with Gasteiger partial charge in [0.25, 0.3) is 5.91 Å². The van der Waals surface area contributed by atoms with E-state index >= 15 is 0 Å². The topological polar surface area (TPSA) is 108 Å². The van der Waals surface area contributed by atoms with Crippen molar-refractivity contribution in [2.75, 3.05) is 37.7 Å². The zero-order valence-corrected chi connectivity index (χ0v) is 25.6. The Labute approximate surface area is 262 Å². The summed E-state index contributed by atoms with van der Waals surface area (Å²) in [4.78, 5) is 39.4. The number of aliphatic hydroxyl groups is 1. The lowest BCUT2D eigenvalue weighted by atomic mass is 9.76. The van der Waals surface area contributed by atoms with Crippen molar-refractivity contribution in [1.29, 1.82) is 0 Å². The van der Waals surface area contributed by atoms with Crippen molar-refractivity contribution in [1.82, 2.24) is 20.2 Å². The summed E-state index contributed by atoms with van der Waals surface area (Å²) >= 11 is 1.19. The molecule has 240 valence electrons. The monoisotopic (exact) mass is 643 g/mol. The van der Waals surface area contributed by atoms with Crippen LogP contribution in [-0.4, -0.2) is 77.0 Å². The average Bonchev–Trinajstić information content (AvgIpc) is 3.59. The maximum atomic E-state index is 13.8. The highest BCUT2D eigenvalue weighted by Gasteiger charge is 2.66. The standard InChI is InChI=1S/C32H36F3N5O4S/c33-32(34,35)31(10-11-31)21-3-6-24-20(17-21)18-26-28(37-24)45-29(38-26)27(42)36-25(9-14-39-12-7-23(41)8-13-39)19-1-4-22(5-2-19)40-15-16-44-30(40)43/h1-2,4-5,18,21,23,25,41H,3,6-17H2,(H,36,42)/t21?,25-/m1/s1. The molecule has 2 aromatic heterocycles. The van der Waals surface area contributed by atoms with Gasteiger partial charge in [0.1, 0.15) is 17.0 Å². The second-order valence-corrected chi connectivity index (χ2v) is 13.8. The SMILES string of the molecule is O=C(N[C@H](CCN1CCC(O)CC1)c1ccc(N2CCOC2=O)cc1)c1nc2cc3c(nc2s1)CCC(C1(C(F)(F)F)CC1)C3. The van der Waals surface area contributed by atoms with Crippen LogP contribution in [-0.2, 0) is 17.6 Å². The number of cyclic esters (lactones) is 1. The minimum Gasteiger partial charge on any atom is -0.447 e. The number of carbonyl (C=O) groups is 2. The third kappa shape index (κ3) is 6.01. The molecule has 0 bridgehead atoms. The second-order valence-electron chi connectivity index (χ2n) is 12.8. The van der Waals surface area contributed by atoms with E-state index in [1.54, 1.807) is 4.90 Å². The molecule has 7 rings (SSSR count). The minimum absolute atomic E-state index is 0.196. The Morgan fingerprint density at radius 1 is 1.13 bits per heavy atom. The first-order valence-electron chi connectivity index (χ1n) is 15.7. The van der Waals surface area contributed by atoms with Gasteiger partial charge in [-0.2, -0.15) is 13.2 Å². The molecule has 45 heavy (non-hydrogen) atoms. The number of aliphatic hydroxyl groups excluding tert-OH is 1. The number of aromatic nitrogens is 2. The van der Waals surface area contributed by atoms with Gasteiger partial charge in [0.15, 0.2) is 5.01 Å². The fourth-order valence-electron chi connectivity index (χ4n) is 7.15. The predicted molar refractivity (Wildman–Crippen MR) is 162 cm³/mol. The Kier molecular flexibility index (Phi) is 7.97. The van der Waals surface area contributed by atoms with Crippen LogP contribution in [0, 0.1) is 11.3 Å². The number of hydrogen-bond donors (Lipinski definition) is 2. The van der Waals surface area contributed by atoms with Crippen molar-refractivity contribution in [3.05, 3.63) is 52.2 Å². The maximum absolute atomic E-state index is 13.8. The number of ether oxygens (including phenoxy) is 1. The van der Waals surface area contributed by atoms with Crippen molar-refractivity contribution in [2.45, 2.75) is 69.7 Å². The van der Waals surface area contributed by atoms with Crippen LogP contribution in [0.15, 0.2) is 30.3 Å². The lowest BCUT2D eigenvalue weighted by Gasteiger charge is -2.32. The van der Waals surface area contributed by atoms with Crippen LogP contribution in [0.25, 0.3) is 10.3 Å². The zero-order valence-electron chi connectivity index (χ0n) is 24.8. The van der Waals surface area contributed by atoms with Gasteiger partial charge in [-0.1, -0.05) is 23.5 Å². The largest absolute Gasteiger partial charge is 0.447 e. The second kappa shape index (κ2) is 11.8. The van der Waals surface area contributed by atoms with Crippen LogP contribution >= 0.6 is 11.3 Å². The van der Waals surface area contributed by atoms with Crippen LogP contribution in [0.5, 0.6) is 0 Å². The summed E-state index contributed by atoms with van der Waals surface area (Å²) in [5.41, 5.74) is 2.19. The van der Waals surface area contributed by atoms with Crippen LogP contribution in [0.4, 0.5) is 23.7 Å². The Morgan fingerprint density at radius 2 is 1.89 bits per heavy atom. The summed E-state index contributed by atoms with van der Waals surface area (Å²) in [5, 5.41) is 13.3. The summed E-state index contributed by atoms with van der Waals surface area (Å²) in [6, 6.07) is 9.00. The number of nitrogens with one attached hydrogen (secondary N) is 1. The third-order valence-electron chi connectivity index (χ3n) is 10.0. The summed E-state index contributed by atoms with van der Waals surface area (Å²) < 4.78 is 46.5. The van der Waals surface area contributed by atoms with Gasteiger partial charge < -0.3 is 20.1 Å². The molecule has 2 N–H and O–H groups in total. The van der Waals surface area contributed by atoms with Crippen molar-refractivity contribution in [3.63, 3.8) is 0 Å². The Bertz CT molecular complexity index is 1580. The molecule has 13 heteroatoms. The molecule has 1 aromatic carbocycles. The highest BCUT2D eigenvalue weighted by molar-refractivity contribution is 7.19. The van der Waals surface area contributed by atoms with Gasteiger partial charge in [-0.15, -0.1) is 0 Å². The number of anilines is 1. The molecule has 4 aliphatic rings. The summed E-state index contributed by atoms with van der Waals surface area (Å²) in [6.45, 7) is 3.14. The molecule has 2 saturated heterocycles. The molecular weight excluding hydrogens is 607 g/mol. The number of likely N-dealkylation sites (tertiary alicyclic amines) is 1. The van der Waals surface area contributed by atoms with Crippen molar-refractivity contribution < 1.29 is 32.6 Å². The number of halogens is 3. The summed E-state index contributed by atoms with van der Waals surface area (Å²) in [6.07, 6.45) is -1.09. The maximum Gasteiger partial charge on any atom is 0.414 e. The molecule has 2 aliphatic heterocycles. The number of benzene rings is 1. The smallest absolute Gasteiger partial charge is 0.414 e. The molecule has 2 aliphatic carbocycles. The van der Waals surface area contributed by atoms with E-state index < -0.39 is 17.5 Å². The highest BCUT2D eigenvalue weighted by Crippen LogP contribution is 2.64. The number of hydrogen-bond acceptors (Lipinski definition) is 8. The van der Waals surface area contributed by atoms with E-state index in [2.05, 4.69) is 15.2 Å². The lowest BCUT2D eigenvalue weighted by molar-refractivity contribution is -0.204. The molecule has 0 spiro atoms. The number of alkyl halides is 3. The molecule has 3 aromatic rings. The van der Waals surface area contributed by atoms with E-state index in [9.17, 15) is 27.9 Å². The van der Waals surface area contributed by atoms with Crippen LogP contribution in [0.3, 0.4) is 0 Å². The van der Waals surface area contributed by atoms with Gasteiger partial charge in [-0.3, -0.25) is 9.69 Å². The van der Waals surface area contributed by atoms with E-state index in [-0.39, 0.29) is 42.0 Å². The third-order valence-corrected chi connectivity index (χ3v) is 11.0. The molecule has 1 unspecified atom stereocenters. The number of carbonyl (C=O) groups excluding carboxylic acids is 2. The van der Waals surface area contributed by atoms with Gasteiger partial charge in [0.05, 0.1) is 24.1 Å². The van der Waals surface area contributed by atoms with Gasteiger partial charge in [0.2, 0.25) is 0 Å². The molecule has 4 heterocycles. The van der Waals surface area contributed by atoms with E-state index in [0.717, 1.165) is 55.0 Å². The molecule has 1 saturated carbocycles. The minimum atomic E-state index is -4.19. The Balaban J connectivity index is 1.09. The number of piperidine rings is 1. The fourth-order valence-corrected chi connectivity index (χ4v) is 7.99. The number of nitrogens with zero attached hydrogens (tertiary/aromatic N) is 4. The van der Waals surface area contributed by atoms with E-state index in [1.165, 1.54) is 11.3 Å². The summed E-state index contributed by atoms with van der Waals surface area (Å²) in [5.74, 6) is -0.786. The Hall–Kier alpha value is -3.29. The number of fused-ring (bicyclic) bond motifs is 2. The molecule has 9 nitrogen and oxygen atoms in total. The first-order chi connectivity index (χ1) is 21.6. The van der Waals surface area contributed by atoms with Crippen molar-refractivity contribution >= 4 is 39.4 Å². The van der Waals surface area contributed by atoms with Gasteiger partial charge in [-0.25, -0.2) is 14.8 Å². The van der Waals surface area contributed by atoms with Crippen LogP contribution in [0.2, 0.25) is 0 Å². The lowest BCUT2D eigenvalue weighted by Crippen LogP contribution is -2.38. The normalized spacial score (nSPS) is 22.7. The van der Waals surface area contributed by atoms with E-state index in [1.807, 2.05) is 30.3 Å². The molecule has 2 atom stereocenters. The van der Waals surface area contributed by atoms with Gasteiger partial charge in [0, 0.05) is 31.0 Å². The van der Waals surface area contributed by atoms with E-state index in [4.69, 9.17) is 9.72 Å². The Morgan fingerprint density at radius 3 is 2.56 bits per heavy atom. The van der Waals surface area contributed by atoms with E-state index in [0.29, 0.717) is 49.2 Å². The van der Waals surface area contributed by atoms with Gasteiger partial charge >= 0.3 is 12.3 Å². The number of thiazole rings is 1. The molecular formula is C32H36F3N5O4S. The number of aryl methyl sites for hydroxylation is 1. The molecule has 3 fully saturated rings. The predicted octanol–water partition coefficient (Wildman–Crippen LogP) is 5.41. The molecule has 0 radical (unpaired) electrons. The quantitative estimate of drug-likeness (QED) is 0.338. The summed E-state index contributed by atoms with van der Waals surface area (Å²) in [7, 11) is 0. The van der Waals surface area contributed by atoms with Crippen molar-refractivity contribution in [2.24, 2.45) is 11.3 Å². The number of pyridine rings is 1. The molecule has 2 amide bonds. The first kappa shape index (κ1) is 30.4. The first-order valence-corrected chi connectivity index (χ1v) is 16.5. The highest BCUT2D eigenvalue weighted by atomic mass is 32.1. The number of amides is 2. The van der Waals surface area contributed by atoms with Gasteiger partial charge in [-0.05, 0) is 86.6 Å².